The van der Waals surface area contributed by atoms with Gasteiger partial charge in [0, 0.05) is 45.7 Å². The van der Waals surface area contributed by atoms with Gasteiger partial charge in [0.1, 0.15) is 0 Å². The third-order valence-electron chi connectivity index (χ3n) is 6.39. The molecule has 4 rings (SSSR count). The van der Waals surface area contributed by atoms with Gasteiger partial charge in [-0.1, -0.05) is 60.7 Å². The van der Waals surface area contributed by atoms with Crippen LogP contribution in [0.3, 0.4) is 0 Å². The van der Waals surface area contributed by atoms with Crippen molar-refractivity contribution in [1.29, 1.82) is 0 Å². The molecule has 2 saturated heterocycles. The first-order valence-corrected chi connectivity index (χ1v) is 11.8. The SMILES string of the molecule is CN=C(NCC(c1ccccc1)N1CCOCC1)N1CCC(COCc2ccccc2)C1.I. The molecule has 7 heteroatoms. The molecule has 2 unspecified atom stereocenters. The van der Waals surface area contributed by atoms with E-state index in [9.17, 15) is 0 Å². The molecule has 0 radical (unpaired) electrons. The molecule has 2 fully saturated rings. The molecular weight excluding hydrogens is 527 g/mol. The summed E-state index contributed by atoms with van der Waals surface area (Å²) in [6, 6.07) is 21.5. The zero-order valence-electron chi connectivity index (χ0n) is 19.6. The Bertz CT molecular complexity index is 831. The lowest BCUT2D eigenvalue weighted by atomic mass is 10.0. The third kappa shape index (κ3) is 7.67. The topological polar surface area (TPSA) is 49.3 Å². The number of rotatable bonds is 8. The lowest BCUT2D eigenvalue weighted by Crippen LogP contribution is -2.47. The predicted molar refractivity (Wildman–Crippen MR) is 144 cm³/mol. The molecule has 0 amide bonds. The quantitative estimate of drug-likeness (QED) is 0.301. The Hall–Kier alpha value is -1.68. The highest BCUT2D eigenvalue weighted by Crippen LogP contribution is 2.22. The van der Waals surface area contributed by atoms with Crippen molar-refractivity contribution in [3.8, 4) is 0 Å². The van der Waals surface area contributed by atoms with Crippen LogP contribution >= 0.6 is 24.0 Å². The summed E-state index contributed by atoms with van der Waals surface area (Å²) in [4.78, 5) is 9.48. The van der Waals surface area contributed by atoms with Gasteiger partial charge in [-0.05, 0) is 17.5 Å². The molecule has 2 atom stereocenters. The zero-order valence-corrected chi connectivity index (χ0v) is 21.9. The first kappa shape index (κ1) is 25.9. The van der Waals surface area contributed by atoms with Crippen LogP contribution in [0.1, 0.15) is 23.6 Å². The largest absolute Gasteiger partial charge is 0.379 e. The Balaban J connectivity index is 0.00000306. The second kappa shape index (κ2) is 13.9. The fourth-order valence-electron chi connectivity index (χ4n) is 4.62. The van der Waals surface area contributed by atoms with Crippen LogP contribution in [0.25, 0.3) is 0 Å². The van der Waals surface area contributed by atoms with Crippen molar-refractivity contribution in [3.05, 3.63) is 71.8 Å². The summed E-state index contributed by atoms with van der Waals surface area (Å²) in [7, 11) is 1.88. The maximum atomic E-state index is 6.00. The average molecular weight is 565 g/mol. The summed E-state index contributed by atoms with van der Waals surface area (Å²) >= 11 is 0. The average Bonchev–Trinajstić information content (AvgIpc) is 3.32. The monoisotopic (exact) mass is 564 g/mol. The van der Waals surface area contributed by atoms with Crippen molar-refractivity contribution in [2.45, 2.75) is 19.1 Å². The number of benzene rings is 2. The molecule has 2 aromatic carbocycles. The van der Waals surface area contributed by atoms with Gasteiger partial charge in [0.2, 0.25) is 0 Å². The van der Waals surface area contributed by atoms with Gasteiger partial charge >= 0.3 is 0 Å². The molecule has 0 aromatic heterocycles. The number of nitrogens with one attached hydrogen (secondary N) is 1. The molecular formula is C26H37IN4O2. The smallest absolute Gasteiger partial charge is 0.193 e. The molecule has 0 bridgehead atoms. The number of guanidine groups is 1. The van der Waals surface area contributed by atoms with Crippen LogP contribution in [0.2, 0.25) is 0 Å². The van der Waals surface area contributed by atoms with Crippen molar-refractivity contribution in [3.63, 3.8) is 0 Å². The van der Waals surface area contributed by atoms with Gasteiger partial charge in [-0.25, -0.2) is 0 Å². The summed E-state index contributed by atoms with van der Waals surface area (Å²) in [6.45, 7) is 7.85. The van der Waals surface area contributed by atoms with E-state index in [-0.39, 0.29) is 24.0 Å². The number of aliphatic imine (C=N–C) groups is 1. The number of likely N-dealkylation sites (tertiary alicyclic amines) is 1. The molecule has 2 aliphatic heterocycles. The Kier molecular flexibility index (Phi) is 10.9. The summed E-state index contributed by atoms with van der Waals surface area (Å²) in [6.07, 6.45) is 1.14. The molecule has 6 nitrogen and oxygen atoms in total. The van der Waals surface area contributed by atoms with Crippen molar-refractivity contribution in [1.82, 2.24) is 15.1 Å². The number of nitrogens with zero attached hydrogens (tertiary/aromatic N) is 3. The summed E-state index contributed by atoms with van der Waals surface area (Å²) in [5, 5.41) is 3.66. The highest BCUT2D eigenvalue weighted by molar-refractivity contribution is 14.0. The second-order valence-corrected chi connectivity index (χ2v) is 8.60. The minimum Gasteiger partial charge on any atom is -0.379 e. The van der Waals surface area contributed by atoms with Crippen LogP contribution in [0.5, 0.6) is 0 Å². The van der Waals surface area contributed by atoms with E-state index in [2.05, 4.69) is 74.7 Å². The van der Waals surface area contributed by atoms with E-state index in [1.807, 2.05) is 13.1 Å². The van der Waals surface area contributed by atoms with Crippen molar-refractivity contribution in [2.24, 2.45) is 10.9 Å². The van der Waals surface area contributed by atoms with Crippen molar-refractivity contribution in [2.75, 3.05) is 59.6 Å². The van der Waals surface area contributed by atoms with E-state index >= 15 is 0 Å². The number of ether oxygens (including phenoxy) is 2. The Morgan fingerprint density at radius 1 is 1.06 bits per heavy atom. The Morgan fingerprint density at radius 2 is 1.76 bits per heavy atom. The van der Waals surface area contributed by atoms with E-state index in [0.29, 0.717) is 18.6 Å². The molecule has 2 heterocycles. The summed E-state index contributed by atoms with van der Waals surface area (Å²) in [5.74, 6) is 1.53. The van der Waals surface area contributed by atoms with Crippen LogP contribution in [-0.2, 0) is 16.1 Å². The fraction of sp³-hybridized carbons (Fsp3) is 0.500. The van der Waals surface area contributed by atoms with E-state index in [4.69, 9.17) is 9.47 Å². The minimum atomic E-state index is 0. The molecule has 33 heavy (non-hydrogen) atoms. The lowest BCUT2D eigenvalue weighted by Gasteiger charge is -2.35. The molecule has 0 spiro atoms. The highest BCUT2D eigenvalue weighted by atomic mass is 127. The molecule has 2 aliphatic rings. The first-order chi connectivity index (χ1) is 15.8. The van der Waals surface area contributed by atoms with Gasteiger partial charge in [0.25, 0.3) is 0 Å². The highest BCUT2D eigenvalue weighted by Gasteiger charge is 2.27. The van der Waals surface area contributed by atoms with Crippen molar-refractivity contribution < 1.29 is 9.47 Å². The van der Waals surface area contributed by atoms with Crippen LogP contribution in [0.15, 0.2) is 65.7 Å². The van der Waals surface area contributed by atoms with Crippen LogP contribution in [-0.4, -0.2) is 75.4 Å². The third-order valence-corrected chi connectivity index (χ3v) is 6.39. The molecule has 0 saturated carbocycles. The predicted octanol–water partition coefficient (Wildman–Crippen LogP) is 3.79. The molecule has 180 valence electrons. The zero-order chi connectivity index (χ0) is 22.0. The van der Waals surface area contributed by atoms with Gasteiger partial charge in [0.15, 0.2) is 5.96 Å². The van der Waals surface area contributed by atoms with E-state index in [1.165, 1.54) is 11.1 Å². The van der Waals surface area contributed by atoms with Gasteiger partial charge in [-0.15, -0.1) is 24.0 Å². The van der Waals surface area contributed by atoms with Gasteiger partial charge < -0.3 is 19.7 Å². The Morgan fingerprint density at radius 3 is 2.45 bits per heavy atom. The maximum Gasteiger partial charge on any atom is 0.193 e. The van der Waals surface area contributed by atoms with E-state index in [0.717, 1.165) is 64.9 Å². The van der Waals surface area contributed by atoms with Gasteiger partial charge in [-0.2, -0.15) is 0 Å². The standard InChI is InChI=1S/C26H36N4O2.HI/c1-27-26(30-13-12-23(19-30)21-32-20-22-8-4-2-5-9-22)28-18-25(24-10-6-3-7-11-24)29-14-16-31-17-15-29;/h2-11,23,25H,12-21H2,1H3,(H,27,28);1H. The number of hydrogen-bond donors (Lipinski definition) is 1. The molecule has 2 aromatic rings. The van der Waals surface area contributed by atoms with Crippen LogP contribution in [0.4, 0.5) is 0 Å². The second-order valence-electron chi connectivity index (χ2n) is 8.60. The van der Waals surface area contributed by atoms with Crippen molar-refractivity contribution >= 4 is 29.9 Å². The Labute approximate surface area is 215 Å². The van der Waals surface area contributed by atoms with Crippen LogP contribution in [0, 0.1) is 5.92 Å². The lowest BCUT2D eigenvalue weighted by molar-refractivity contribution is 0.0169. The number of halogens is 1. The minimum absolute atomic E-state index is 0. The van der Waals surface area contributed by atoms with Gasteiger partial charge in [0.05, 0.1) is 32.5 Å². The van der Waals surface area contributed by atoms with E-state index in [1.54, 1.807) is 0 Å². The van der Waals surface area contributed by atoms with E-state index < -0.39 is 0 Å². The van der Waals surface area contributed by atoms with Gasteiger partial charge in [-0.3, -0.25) is 9.89 Å². The van der Waals surface area contributed by atoms with Crippen LogP contribution < -0.4 is 5.32 Å². The normalized spacial score (nSPS) is 20.3. The number of morpholine rings is 1. The summed E-state index contributed by atoms with van der Waals surface area (Å²) in [5.41, 5.74) is 2.57. The number of hydrogen-bond acceptors (Lipinski definition) is 4. The molecule has 0 aliphatic carbocycles. The maximum absolute atomic E-state index is 6.00. The first-order valence-electron chi connectivity index (χ1n) is 11.8. The fourth-order valence-corrected chi connectivity index (χ4v) is 4.62. The summed E-state index contributed by atoms with van der Waals surface area (Å²) < 4.78 is 11.6. The molecule has 1 N–H and O–H groups in total.